The Kier molecular flexibility index (Phi) is 8.44. The molecule has 0 unspecified atom stereocenters. The molecular formula is C27H27F3N3O7S+. The van der Waals surface area contributed by atoms with Crippen LogP contribution in [0.1, 0.15) is 15.2 Å². The summed E-state index contributed by atoms with van der Waals surface area (Å²) < 4.78 is 65.7. The molecule has 0 atom stereocenters. The molecule has 10 nitrogen and oxygen atoms in total. The second-order valence-corrected chi connectivity index (χ2v) is 10.7. The van der Waals surface area contributed by atoms with E-state index in [-0.39, 0.29) is 45.2 Å². The topological polar surface area (TPSA) is 109 Å². The lowest BCUT2D eigenvalue weighted by Gasteiger charge is -2.23. The molecule has 0 spiro atoms. The second-order valence-electron chi connectivity index (χ2n) is 9.86. The summed E-state index contributed by atoms with van der Waals surface area (Å²) in [5, 5.41) is 1.26. The first-order chi connectivity index (χ1) is 19.4. The van der Waals surface area contributed by atoms with Crippen molar-refractivity contribution in [3.8, 4) is 22.9 Å². The van der Waals surface area contributed by atoms with Gasteiger partial charge in [-0.25, -0.2) is 27.3 Å². The summed E-state index contributed by atoms with van der Waals surface area (Å²) in [6.07, 6.45) is 0. The molecule has 4 rings (SSSR count). The lowest BCUT2D eigenvalue weighted by Crippen LogP contribution is -2.38. The Morgan fingerprint density at radius 3 is 2.37 bits per heavy atom. The molecule has 2 aromatic heterocycles. The molecule has 2 aromatic carbocycles. The average molecular weight is 595 g/mol. The number of carbonyl (C=O) groups is 1. The largest absolute Gasteiger partial charge is 0.496 e. The normalized spacial score (nSPS) is 11.5. The number of rotatable bonds is 10. The third kappa shape index (κ3) is 6.07. The van der Waals surface area contributed by atoms with Gasteiger partial charge in [0.1, 0.15) is 30.4 Å². The van der Waals surface area contributed by atoms with E-state index in [0.29, 0.717) is 15.6 Å². The quantitative estimate of drug-likeness (QED) is 0.221. The lowest BCUT2D eigenvalue weighted by molar-refractivity contribution is -0.870. The van der Waals surface area contributed by atoms with Gasteiger partial charge in [-0.1, -0.05) is 0 Å². The first-order valence-electron chi connectivity index (χ1n) is 12.1. The smallest absolute Gasteiger partial charge is 0.349 e. The molecule has 0 saturated carbocycles. The maximum Gasteiger partial charge on any atom is 0.349 e. The van der Waals surface area contributed by atoms with Crippen LogP contribution in [0.25, 0.3) is 16.6 Å². The number of H-pyrrole nitrogens is 1. The molecule has 0 fully saturated rings. The van der Waals surface area contributed by atoms with E-state index in [1.54, 1.807) is 0 Å². The number of fused-ring (bicyclic) bond motifs is 1. The van der Waals surface area contributed by atoms with E-state index in [4.69, 9.17) is 18.9 Å². The van der Waals surface area contributed by atoms with Crippen molar-refractivity contribution in [2.75, 3.05) is 48.5 Å². The molecule has 0 bridgehead atoms. The van der Waals surface area contributed by atoms with E-state index in [1.165, 1.54) is 25.7 Å². The number of aromatic amines is 1. The number of nitrogens with zero attached hydrogens (tertiary/aromatic N) is 2. The molecule has 218 valence electrons. The van der Waals surface area contributed by atoms with Crippen LogP contribution >= 0.6 is 11.3 Å². The number of esters is 1. The van der Waals surface area contributed by atoms with Crippen LogP contribution in [-0.4, -0.2) is 68.5 Å². The molecule has 41 heavy (non-hydrogen) atoms. The number of aromatic nitrogens is 2. The average Bonchev–Trinajstić information content (AvgIpc) is 3.34. The monoisotopic (exact) mass is 594 g/mol. The number of benzene rings is 2. The van der Waals surface area contributed by atoms with Gasteiger partial charge in [-0.15, -0.1) is 11.3 Å². The summed E-state index contributed by atoms with van der Waals surface area (Å²) >= 11 is 0.901. The lowest BCUT2D eigenvalue weighted by atomic mass is 10.2. The summed E-state index contributed by atoms with van der Waals surface area (Å²) in [7, 11) is 8.25. The Bertz CT molecular complexity index is 1740. The highest BCUT2D eigenvalue weighted by Crippen LogP contribution is 2.34. The van der Waals surface area contributed by atoms with Gasteiger partial charge >= 0.3 is 11.7 Å². The highest BCUT2D eigenvalue weighted by molar-refractivity contribution is 7.13. The number of hydrogen-bond donors (Lipinski definition) is 1. The number of carbonyl (C=O) groups excluding carboxylic acids is 1. The molecule has 1 N–H and O–H groups in total. The van der Waals surface area contributed by atoms with Crippen LogP contribution in [-0.2, 0) is 11.3 Å². The Morgan fingerprint density at radius 2 is 1.71 bits per heavy atom. The molecule has 0 saturated heterocycles. The first kappa shape index (κ1) is 29.7. The van der Waals surface area contributed by atoms with Gasteiger partial charge in [-0.3, -0.25) is 4.79 Å². The van der Waals surface area contributed by atoms with Crippen LogP contribution < -0.4 is 25.5 Å². The number of thiophene rings is 1. The third-order valence-corrected chi connectivity index (χ3v) is 7.01. The second kappa shape index (κ2) is 11.7. The van der Waals surface area contributed by atoms with Crippen molar-refractivity contribution < 1.29 is 41.4 Å². The zero-order valence-corrected chi connectivity index (χ0v) is 23.6. The van der Waals surface area contributed by atoms with E-state index in [9.17, 15) is 23.2 Å². The number of ether oxygens (including phenoxy) is 4. The zero-order valence-electron chi connectivity index (χ0n) is 22.8. The van der Waals surface area contributed by atoms with Crippen LogP contribution in [0.15, 0.2) is 39.2 Å². The van der Waals surface area contributed by atoms with Crippen molar-refractivity contribution in [1.29, 1.82) is 0 Å². The summed E-state index contributed by atoms with van der Waals surface area (Å²) in [6.45, 7) is 0.0391. The van der Waals surface area contributed by atoms with E-state index in [0.717, 1.165) is 29.5 Å². The van der Waals surface area contributed by atoms with E-state index in [2.05, 4.69) is 4.98 Å². The molecule has 0 amide bonds. The number of hydrogen-bond acceptors (Lipinski definition) is 8. The molecule has 14 heteroatoms. The predicted octanol–water partition coefficient (Wildman–Crippen LogP) is 3.62. The van der Waals surface area contributed by atoms with Gasteiger partial charge in [0, 0.05) is 17.5 Å². The fourth-order valence-corrected chi connectivity index (χ4v) is 4.79. The van der Waals surface area contributed by atoms with Crippen molar-refractivity contribution in [2.45, 2.75) is 6.61 Å². The Labute approximate surface area is 235 Å². The van der Waals surface area contributed by atoms with Crippen molar-refractivity contribution in [3.63, 3.8) is 0 Å². The molecule has 0 radical (unpaired) electrons. The maximum atomic E-state index is 15.3. The Morgan fingerprint density at radius 1 is 1.00 bits per heavy atom. The van der Waals surface area contributed by atoms with Gasteiger partial charge in [0.25, 0.3) is 5.56 Å². The Balaban J connectivity index is 1.76. The summed E-state index contributed by atoms with van der Waals surface area (Å²) in [5.41, 5.74) is -2.67. The fraction of sp³-hybridized carbons (Fsp3) is 0.296. The zero-order chi connectivity index (χ0) is 30.1. The van der Waals surface area contributed by atoms with Gasteiger partial charge in [0.05, 0.1) is 57.5 Å². The van der Waals surface area contributed by atoms with Crippen LogP contribution in [0.3, 0.4) is 0 Å². The summed E-state index contributed by atoms with van der Waals surface area (Å²) in [5.74, 6) is -4.47. The number of methoxy groups -OCH3 is 2. The SMILES string of the molecule is COc1cc(F)c(-n2c(=O)[nH]c3csc(C(=O)OCC[N+](C)(C)C)c3c2=O)cc1OCc1c(OC)ccc(F)c1F. The number of nitrogens with one attached hydrogen (secondary N) is 1. The number of halogens is 3. The number of quaternary nitrogens is 1. The van der Waals surface area contributed by atoms with Crippen LogP contribution in [0, 0.1) is 17.5 Å². The van der Waals surface area contributed by atoms with Crippen molar-refractivity contribution >= 4 is 28.2 Å². The van der Waals surface area contributed by atoms with E-state index >= 15 is 4.39 Å². The van der Waals surface area contributed by atoms with Gasteiger partial charge in [-0.05, 0) is 12.1 Å². The minimum Gasteiger partial charge on any atom is -0.496 e. The molecule has 2 heterocycles. The minimum absolute atomic E-state index is 0.00151. The van der Waals surface area contributed by atoms with Crippen LogP contribution in [0.2, 0.25) is 0 Å². The third-order valence-electron chi connectivity index (χ3n) is 6.05. The molecule has 0 aliphatic carbocycles. The summed E-state index contributed by atoms with van der Waals surface area (Å²) in [4.78, 5) is 41.6. The van der Waals surface area contributed by atoms with Crippen molar-refractivity contribution in [2.24, 2.45) is 0 Å². The molecule has 0 aliphatic heterocycles. The van der Waals surface area contributed by atoms with E-state index in [1.807, 2.05) is 21.1 Å². The molecule has 4 aromatic rings. The highest BCUT2D eigenvalue weighted by atomic mass is 32.1. The minimum atomic E-state index is -1.21. The van der Waals surface area contributed by atoms with Gasteiger partial charge in [0.15, 0.2) is 29.0 Å². The fourth-order valence-electron chi connectivity index (χ4n) is 3.90. The van der Waals surface area contributed by atoms with Gasteiger partial charge in [-0.2, -0.15) is 0 Å². The van der Waals surface area contributed by atoms with Gasteiger partial charge in [0.2, 0.25) is 0 Å². The van der Waals surface area contributed by atoms with Gasteiger partial charge < -0.3 is 28.4 Å². The Hall–Kier alpha value is -4.30. The standard InChI is InChI=1S/C27H26F3N3O7S/c1-33(2,3)8-9-39-26(35)24-22-17(13-41-24)31-27(36)32(25(22)34)18-11-21(20(38-5)10-16(18)29)40-12-14-19(37-4)7-6-15(28)23(14)30/h6-7,10-11,13H,8-9,12H2,1-5H3/p+1. The summed E-state index contributed by atoms with van der Waals surface area (Å²) in [6, 6.07) is 3.98. The van der Waals surface area contributed by atoms with Crippen LogP contribution in [0.5, 0.6) is 17.2 Å². The predicted molar refractivity (Wildman–Crippen MR) is 145 cm³/mol. The van der Waals surface area contributed by atoms with Crippen molar-refractivity contribution in [1.82, 2.24) is 9.55 Å². The van der Waals surface area contributed by atoms with Crippen molar-refractivity contribution in [3.05, 3.63) is 78.4 Å². The first-order valence-corrected chi connectivity index (χ1v) is 13.0. The van der Waals surface area contributed by atoms with Crippen LogP contribution in [0.4, 0.5) is 13.2 Å². The maximum absolute atomic E-state index is 15.3. The molecule has 0 aliphatic rings. The highest BCUT2D eigenvalue weighted by Gasteiger charge is 2.24. The number of likely N-dealkylation sites (N-methyl/N-ethyl adjacent to an activating group) is 1. The molecular weight excluding hydrogens is 567 g/mol. The van der Waals surface area contributed by atoms with E-state index < -0.39 is 47.0 Å².